The average Bonchev–Trinajstić information content (AvgIpc) is 2.14. The van der Waals surface area contributed by atoms with Crippen molar-refractivity contribution in [2.45, 2.75) is 24.7 Å². The van der Waals surface area contributed by atoms with Crippen molar-refractivity contribution < 1.29 is 17.4 Å². The molecule has 0 spiro atoms. The maximum absolute atomic E-state index is 12.5. The van der Waals surface area contributed by atoms with Crippen LogP contribution in [0.25, 0.3) is 0 Å². The van der Waals surface area contributed by atoms with Gasteiger partial charge >= 0.3 is 0 Å². The Hall–Kier alpha value is -0.940. The molecule has 0 saturated carbocycles. The van der Waals surface area contributed by atoms with Gasteiger partial charge in [-0.15, -0.1) is 0 Å². The largest absolute Gasteiger partial charge is 0.294 e. The lowest BCUT2D eigenvalue weighted by molar-refractivity contribution is 0.440. The quantitative estimate of drug-likeness (QED) is 0.814. The van der Waals surface area contributed by atoms with Crippen LogP contribution in [0.1, 0.15) is 24.0 Å². The standard InChI is InChI=1S/C10H13FO3S/c1-7-3-4-10(15(12,13)14)9(5-7)8(2)6-11/h3-5,8H,6H2,1-2H3,(H,12,13,14). The molecule has 84 valence electrons. The van der Waals surface area contributed by atoms with Crippen LogP contribution in [0.15, 0.2) is 23.1 Å². The normalized spacial score (nSPS) is 13.9. The van der Waals surface area contributed by atoms with Crippen molar-refractivity contribution in [1.29, 1.82) is 0 Å². The first-order valence-corrected chi connectivity index (χ1v) is 5.94. The summed E-state index contributed by atoms with van der Waals surface area (Å²) in [6.07, 6.45) is 0. The van der Waals surface area contributed by atoms with Gasteiger partial charge in [-0.25, -0.2) is 0 Å². The van der Waals surface area contributed by atoms with Crippen LogP contribution in [-0.4, -0.2) is 19.6 Å². The first-order valence-electron chi connectivity index (χ1n) is 4.50. The fourth-order valence-electron chi connectivity index (χ4n) is 1.37. The lowest BCUT2D eigenvalue weighted by atomic mass is 10.0. The van der Waals surface area contributed by atoms with E-state index in [0.717, 1.165) is 5.56 Å². The molecule has 1 N–H and O–H groups in total. The predicted molar refractivity (Wildman–Crippen MR) is 55.4 cm³/mol. The van der Waals surface area contributed by atoms with Gasteiger partial charge in [-0.2, -0.15) is 8.42 Å². The zero-order chi connectivity index (χ0) is 11.6. The molecular weight excluding hydrogens is 219 g/mol. The third kappa shape index (κ3) is 2.76. The SMILES string of the molecule is Cc1ccc(S(=O)(=O)O)c(C(C)CF)c1. The van der Waals surface area contributed by atoms with E-state index in [-0.39, 0.29) is 4.90 Å². The van der Waals surface area contributed by atoms with Crippen LogP contribution in [0.4, 0.5) is 4.39 Å². The number of alkyl halides is 1. The molecule has 0 heterocycles. The summed E-state index contributed by atoms with van der Waals surface area (Å²) in [6, 6.07) is 4.44. The first-order chi connectivity index (χ1) is 6.86. The molecule has 1 atom stereocenters. The molecule has 0 aliphatic carbocycles. The average molecular weight is 232 g/mol. The summed E-state index contributed by atoms with van der Waals surface area (Å²) in [7, 11) is -4.27. The van der Waals surface area contributed by atoms with Crippen molar-refractivity contribution in [3.05, 3.63) is 29.3 Å². The minimum Gasteiger partial charge on any atom is -0.282 e. The second-order valence-electron chi connectivity index (χ2n) is 3.57. The Morgan fingerprint density at radius 2 is 2.07 bits per heavy atom. The number of benzene rings is 1. The van der Waals surface area contributed by atoms with Gasteiger partial charge in [0.2, 0.25) is 0 Å². The Morgan fingerprint density at radius 1 is 1.47 bits per heavy atom. The number of hydrogen-bond acceptors (Lipinski definition) is 2. The maximum Gasteiger partial charge on any atom is 0.294 e. The van der Waals surface area contributed by atoms with E-state index in [1.165, 1.54) is 6.07 Å². The minimum absolute atomic E-state index is 0.210. The van der Waals surface area contributed by atoms with Gasteiger partial charge in [0, 0.05) is 5.92 Å². The number of rotatable bonds is 3. The Bertz CT molecular complexity index is 454. The summed E-state index contributed by atoms with van der Waals surface area (Å²) in [5.41, 5.74) is 1.15. The van der Waals surface area contributed by atoms with Crippen molar-refractivity contribution >= 4 is 10.1 Å². The van der Waals surface area contributed by atoms with Crippen LogP contribution < -0.4 is 0 Å². The Kier molecular flexibility index (Phi) is 3.46. The predicted octanol–water partition coefficient (Wildman–Crippen LogP) is 2.31. The summed E-state index contributed by atoms with van der Waals surface area (Å²) in [4.78, 5) is -0.210. The highest BCUT2D eigenvalue weighted by atomic mass is 32.2. The molecule has 1 aromatic carbocycles. The van der Waals surface area contributed by atoms with Gasteiger partial charge in [-0.05, 0) is 18.6 Å². The highest BCUT2D eigenvalue weighted by Gasteiger charge is 2.19. The molecule has 1 aromatic rings. The van der Waals surface area contributed by atoms with E-state index in [9.17, 15) is 12.8 Å². The molecule has 5 heteroatoms. The van der Waals surface area contributed by atoms with E-state index >= 15 is 0 Å². The van der Waals surface area contributed by atoms with Crippen LogP contribution in [0.5, 0.6) is 0 Å². The second kappa shape index (κ2) is 4.28. The van der Waals surface area contributed by atoms with Crippen LogP contribution in [0.3, 0.4) is 0 Å². The molecule has 0 aromatic heterocycles. The highest BCUT2D eigenvalue weighted by molar-refractivity contribution is 7.85. The molecule has 0 radical (unpaired) electrons. The Balaban J connectivity index is 3.40. The van der Waals surface area contributed by atoms with Crippen molar-refractivity contribution in [3.8, 4) is 0 Å². The molecule has 1 unspecified atom stereocenters. The van der Waals surface area contributed by atoms with Gasteiger partial charge in [0.1, 0.15) is 0 Å². The fraction of sp³-hybridized carbons (Fsp3) is 0.400. The highest BCUT2D eigenvalue weighted by Crippen LogP contribution is 2.25. The van der Waals surface area contributed by atoms with E-state index in [1.54, 1.807) is 26.0 Å². The summed E-state index contributed by atoms with van der Waals surface area (Å²) >= 11 is 0. The summed E-state index contributed by atoms with van der Waals surface area (Å²) < 4.78 is 43.5. The Labute approximate surface area is 88.7 Å². The van der Waals surface area contributed by atoms with Gasteiger partial charge in [-0.1, -0.05) is 24.6 Å². The van der Waals surface area contributed by atoms with E-state index in [0.29, 0.717) is 5.56 Å². The minimum atomic E-state index is -4.27. The van der Waals surface area contributed by atoms with E-state index < -0.39 is 22.7 Å². The number of halogens is 1. The molecule has 0 aliphatic heterocycles. The van der Waals surface area contributed by atoms with E-state index in [2.05, 4.69) is 0 Å². The molecule has 15 heavy (non-hydrogen) atoms. The van der Waals surface area contributed by atoms with Crippen LogP contribution in [0.2, 0.25) is 0 Å². The summed E-state index contributed by atoms with van der Waals surface area (Å²) in [6.45, 7) is 2.69. The second-order valence-corrected chi connectivity index (χ2v) is 4.96. The van der Waals surface area contributed by atoms with Crippen molar-refractivity contribution in [3.63, 3.8) is 0 Å². The molecule has 0 fully saturated rings. The third-order valence-corrected chi connectivity index (χ3v) is 3.13. The number of aryl methyl sites for hydroxylation is 1. The molecule has 0 amide bonds. The van der Waals surface area contributed by atoms with Crippen molar-refractivity contribution in [2.75, 3.05) is 6.67 Å². The van der Waals surface area contributed by atoms with Crippen LogP contribution >= 0.6 is 0 Å². The maximum atomic E-state index is 12.5. The molecule has 0 aliphatic rings. The topological polar surface area (TPSA) is 54.4 Å². The fourth-order valence-corrected chi connectivity index (χ4v) is 2.17. The van der Waals surface area contributed by atoms with Gasteiger partial charge in [-0.3, -0.25) is 8.94 Å². The molecular formula is C10H13FO3S. The van der Waals surface area contributed by atoms with Crippen LogP contribution in [-0.2, 0) is 10.1 Å². The zero-order valence-electron chi connectivity index (χ0n) is 8.57. The molecule has 3 nitrogen and oxygen atoms in total. The third-order valence-electron chi connectivity index (χ3n) is 2.21. The van der Waals surface area contributed by atoms with Crippen LogP contribution in [0, 0.1) is 6.92 Å². The lowest BCUT2D eigenvalue weighted by Gasteiger charge is -2.12. The van der Waals surface area contributed by atoms with Crippen molar-refractivity contribution in [2.24, 2.45) is 0 Å². The Morgan fingerprint density at radius 3 is 2.53 bits per heavy atom. The molecule has 0 saturated heterocycles. The number of hydrogen-bond donors (Lipinski definition) is 1. The lowest BCUT2D eigenvalue weighted by Crippen LogP contribution is -2.07. The smallest absolute Gasteiger partial charge is 0.282 e. The molecule has 1 rings (SSSR count). The van der Waals surface area contributed by atoms with E-state index in [1.807, 2.05) is 0 Å². The van der Waals surface area contributed by atoms with Gasteiger partial charge in [0.05, 0.1) is 11.6 Å². The molecule has 0 bridgehead atoms. The summed E-state index contributed by atoms with van der Waals surface area (Å²) in [5.74, 6) is -0.540. The van der Waals surface area contributed by atoms with Gasteiger partial charge in [0.25, 0.3) is 10.1 Å². The first kappa shape index (κ1) is 12.1. The van der Waals surface area contributed by atoms with Crippen molar-refractivity contribution in [1.82, 2.24) is 0 Å². The zero-order valence-corrected chi connectivity index (χ0v) is 9.38. The summed E-state index contributed by atoms with van der Waals surface area (Å²) in [5, 5.41) is 0. The van der Waals surface area contributed by atoms with E-state index in [4.69, 9.17) is 4.55 Å². The monoisotopic (exact) mass is 232 g/mol. The van der Waals surface area contributed by atoms with Gasteiger partial charge < -0.3 is 0 Å². The van der Waals surface area contributed by atoms with Gasteiger partial charge in [0.15, 0.2) is 0 Å².